The van der Waals surface area contributed by atoms with E-state index in [1.165, 1.54) is 12.8 Å². The van der Waals surface area contributed by atoms with Gasteiger partial charge in [0, 0.05) is 38.4 Å². The van der Waals surface area contributed by atoms with Crippen molar-refractivity contribution in [3.05, 3.63) is 0 Å². The quantitative estimate of drug-likeness (QED) is 0.574. The number of alkyl halides is 2. The van der Waals surface area contributed by atoms with Gasteiger partial charge in [-0.05, 0) is 32.6 Å². The van der Waals surface area contributed by atoms with E-state index in [2.05, 4.69) is 15.4 Å². The maximum Gasteiger partial charge on any atom is 0.353 e. The number of aliphatic carboxylic acids is 1. The summed E-state index contributed by atoms with van der Waals surface area (Å²) in [5, 5.41) is 23.5. The maximum absolute atomic E-state index is 12.5. The molecule has 0 radical (unpaired) electrons. The topological polar surface area (TPSA) is 141 Å². The zero-order chi connectivity index (χ0) is 22.2. The normalized spacial score (nSPS) is 27.9. The highest BCUT2D eigenvalue weighted by Crippen LogP contribution is 2.39. The molecule has 1 saturated heterocycles. The van der Waals surface area contributed by atoms with Crippen molar-refractivity contribution in [3.63, 3.8) is 0 Å². The van der Waals surface area contributed by atoms with Gasteiger partial charge in [0.15, 0.2) is 11.3 Å². The first-order chi connectivity index (χ1) is 14.0. The van der Waals surface area contributed by atoms with Gasteiger partial charge in [-0.15, -0.1) is 0 Å². The van der Waals surface area contributed by atoms with Crippen molar-refractivity contribution in [1.82, 2.24) is 10.2 Å². The van der Waals surface area contributed by atoms with Gasteiger partial charge in [-0.25, -0.2) is 13.6 Å². The van der Waals surface area contributed by atoms with Gasteiger partial charge in [0.2, 0.25) is 11.8 Å². The number of nitriles is 1. The number of carboxylic acid groups (broad SMARTS) is 1. The standard InChI is InChI=1S/C10H14N2O3.C9H13F2N3O/c13-9(14)8-5-10(15-11-8)3-4-12(6-10)7-1-2-7;1-8(10,11)4-6(13)7(15)14-9(5-12)2-3-9/h7H,1-6H2,(H,13,14);6H,2-4,13H2,1H3,(H,14,15)/t;6-/m.0/s1. The smallest absolute Gasteiger partial charge is 0.353 e. The molecule has 11 heteroatoms. The lowest BCUT2D eigenvalue weighted by Crippen LogP contribution is -2.48. The number of halogens is 2. The minimum atomic E-state index is -2.97. The Morgan fingerprint density at radius 1 is 1.47 bits per heavy atom. The molecule has 0 aromatic rings. The van der Waals surface area contributed by atoms with Crippen molar-refractivity contribution in [2.75, 3.05) is 13.1 Å². The number of hydrogen-bond acceptors (Lipinski definition) is 7. The van der Waals surface area contributed by atoms with E-state index in [9.17, 15) is 18.4 Å². The van der Waals surface area contributed by atoms with Crippen LogP contribution < -0.4 is 11.1 Å². The molecule has 1 unspecified atom stereocenters. The van der Waals surface area contributed by atoms with Gasteiger partial charge in [-0.1, -0.05) is 5.16 Å². The van der Waals surface area contributed by atoms with E-state index in [1.54, 1.807) is 0 Å². The number of carboxylic acids is 1. The first kappa shape index (κ1) is 22.4. The molecule has 30 heavy (non-hydrogen) atoms. The zero-order valence-electron chi connectivity index (χ0n) is 16.9. The molecule has 0 bridgehead atoms. The first-order valence-electron chi connectivity index (χ1n) is 10.1. The molecule has 2 saturated carbocycles. The van der Waals surface area contributed by atoms with E-state index in [0.29, 0.717) is 26.2 Å². The third-order valence-electron chi connectivity index (χ3n) is 5.74. The highest BCUT2D eigenvalue weighted by Gasteiger charge is 2.49. The first-order valence-corrected chi connectivity index (χ1v) is 10.1. The minimum absolute atomic E-state index is 0.174. The van der Waals surface area contributed by atoms with Gasteiger partial charge in [-0.2, -0.15) is 5.26 Å². The number of likely N-dealkylation sites (tertiary alicyclic amines) is 1. The number of carbonyl (C=O) groups is 2. The number of nitrogens with one attached hydrogen (secondary N) is 1. The summed E-state index contributed by atoms with van der Waals surface area (Å²) in [5.41, 5.74) is 4.29. The van der Waals surface area contributed by atoms with Crippen molar-refractivity contribution < 1.29 is 28.3 Å². The van der Waals surface area contributed by atoms with Crippen molar-refractivity contribution in [2.45, 2.75) is 81.0 Å². The van der Waals surface area contributed by atoms with Gasteiger partial charge >= 0.3 is 5.97 Å². The van der Waals surface area contributed by atoms with E-state index in [4.69, 9.17) is 20.9 Å². The monoisotopic (exact) mass is 427 g/mol. The SMILES string of the molecule is CC(F)(F)C[C@H](N)C(=O)NC1(C#N)CC1.O=C(O)C1=NOC2(CCN(C3CC3)C2)C1. The van der Waals surface area contributed by atoms with Gasteiger partial charge in [-0.3, -0.25) is 9.69 Å². The van der Waals surface area contributed by atoms with Crippen LogP contribution in [0.3, 0.4) is 0 Å². The van der Waals surface area contributed by atoms with Crippen LogP contribution in [-0.4, -0.2) is 69.8 Å². The molecule has 166 valence electrons. The lowest BCUT2D eigenvalue weighted by atomic mass is 9.97. The molecule has 4 aliphatic rings. The summed E-state index contributed by atoms with van der Waals surface area (Å²) in [6.45, 7) is 2.57. The van der Waals surface area contributed by atoms with Crippen LogP contribution in [0.4, 0.5) is 8.78 Å². The Hall–Kier alpha value is -2.32. The van der Waals surface area contributed by atoms with Crippen LogP contribution >= 0.6 is 0 Å². The molecule has 2 aliphatic heterocycles. The van der Waals surface area contributed by atoms with Crippen LogP contribution in [0.2, 0.25) is 0 Å². The molecule has 4 N–H and O–H groups in total. The molecule has 1 spiro atoms. The number of hydrogen-bond donors (Lipinski definition) is 3. The highest BCUT2D eigenvalue weighted by molar-refractivity contribution is 6.36. The van der Waals surface area contributed by atoms with Crippen molar-refractivity contribution in [3.8, 4) is 6.07 Å². The van der Waals surface area contributed by atoms with Gasteiger partial charge < -0.3 is 21.0 Å². The molecule has 4 rings (SSSR count). The number of amides is 1. The number of nitrogens with zero attached hydrogens (tertiary/aromatic N) is 3. The van der Waals surface area contributed by atoms with E-state index >= 15 is 0 Å². The Labute approximate surface area is 173 Å². The highest BCUT2D eigenvalue weighted by atomic mass is 19.3. The number of rotatable bonds is 6. The fraction of sp³-hybridized carbons (Fsp3) is 0.789. The minimum Gasteiger partial charge on any atom is -0.477 e. The summed E-state index contributed by atoms with van der Waals surface area (Å²) < 4.78 is 25.1. The largest absolute Gasteiger partial charge is 0.477 e. The Morgan fingerprint density at radius 2 is 2.13 bits per heavy atom. The predicted molar refractivity (Wildman–Crippen MR) is 102 cm³/mol. The van der Waals surface area contributed by atoms with Crippen molar-refractivity contribution in [2.24, 2.45) is 10.9 Å². The fourth-order valence-corrected chi connectivity index (χ4v) is 3.68. The summed E-state index contributed by atoms with van der Waals surface area (Å²) >= 11 is 0. The molecular formula is C19H27F2N5O4. The predicted octanol–water partition coefficient (Wildman–Crippen LogP) is 0.986. The maximum atomic E-state index is 12.5. The van der Waals surface area contributed by atoms with E-state index < -0.39 is 35.8 Å². The summed E-state index contributed by atoms with van der Waals surface area (Å²) in [6, 6.07) is 1.38. The summed E-state index contributed by atoms with van der Waals surface area (Å²) in [7, 11) is 0. The van der Waals surface area contributed by atoms with E-state index in [-0.39, 0.29) is 11.3 Å². The molecule has 3 fully saturated rings. The van der Waals surface area contributed by atoms with Crippen LogP contribution in [0.5, 0.6) is 0 Å². The van der Waals surface area contributed by atoms with E-state index in [0.717, 1.165) is 25.6 Å². The second-order valence-electron chi connectivity index (χ2n) is 8.81. The van der Waals surface area contributed by atoms with Crippen LogP contribution in [0.25, 0.3) is 0 Å². The average molecular weight is 427 g/mol. The summed E-state index contributed by atoms with van der Waals surface area (Å²) in [4.78, 5) is 29.8. The summed E-state index contributed by atoms with van der Waals surface area (Å²) in [6.07, 6.45) is 4.34. The molecule has 0 aromatic heterocycles. The molecule has 2 heterocycles. The zero-order valence-corrected chi connectivity index (χ0v) is 16.9. The third-order valence-corrected chi connectivity index (χ3v) is 5.74. The van der Waals surface area contributed by atoms with Gasteiger partial charge in [0.1, 0.15) is 5.54 Å². The second kappa shape index (κ2) is 8.07. The number of oxime groups is 1. The molecule has 1 amide bonds. The lowest BCUT2D eigenvalue weighted by Gasteiger charge is -2.21. The van der Waals surface area contributed by atoms with Crippen molar-refractivity contribution in [1.29, 1.82) is 5.26 Å². The van der Waals surface area contributed by atoms with Crippen LogP contribution in [0.15, 0.2) is 5.16 Å². The van der Waals surface area contributed by atoms with Gasteiger partial charge in [0.25, 0.3) is 0 Å². The number of nitrogens with two attached hydrogens (primary N) is 1. The van der Waals surface area contributed by atoms with Crippen LogP contribution in [0.1, 0.15) is 51.9 Å². The third kappa shape index (κ3) is 5.64. The Bertz CT molecular complexity index is 770. The molecule has 9 nitrogen and oxygen atoms in total. The number of carbonyl (C=O) groups excluding carboxylic acids is 1. The fourth-order valence-electron chi connectivity index (χ4n) is 3.68. The molecule has 2 aliphatic carbocycles. The Kier molecular flexibility index (Phi) is 6.02. The summed E-state index contributed by atoms with van der Waals surface area (Å²) in [5.74, 6) is -4.60. The van der Waals surface area contributed by atoms with E-state index in [1.807, 2.05) is 6.07 Å². The Balaban J connectivity index is 0.000000171. The Morgan fingerprint density at radius 3 is 2.60 bits per heavy atom. The lowest BCUT2D eigenvalue weighted by molar-refractivity contribution is -0.129. The second-order valence-corrected chi connectivity index (χ2v) is 8.81. The molecular weight excluding hydrogens is 400 g/mol. The van der Waals surface area contributed by atoms with Crippen LogP contribution in [0, 0.1) is 11.3 Å². The van der Waals surface area contributed by atoms with Crippen molar-refractivity contribution >= 4 is 17.6 Å². The van der Waals surface area contributed by atoms with Gasteiger partial charge in [0.05, 0.1) is 12.1 Å². The van der Waals surface area contributed by atoms with Crippen LogP contribution in [-0.2, 0) is 14.4 Å². The average Bonchev–Trinajstić information content (AvgIpc) is 3.58. The molecule has 2 atom stereocenters. The molecule has 0 aromatic carbocycles.